The first kappa shape index (κ1) is 16.8. The Hall–Kier alpha value is -2.56. The monoisotopic (exact) mass is 316 g/mol. The van der Waals surface area contributed by atoms with Gasteiger partial charge in [-0.2, -0.15) is 0 Å². The van der Waals surface area contributed by atoms with Gasteiger partial charge >= 0.3 is 0 Å². The quantitative estimate of drug-likeness (QED) is 0.826. The number of nitrogens with one attached hydrogen (secondary N) is 2. The third-order valence-electron chi connectivity index (χ3n) is 3.47. The molecule has 0 atom stereocenters. The first-order valence-electron chi connectivity index (χ1n) is 7.49. The molecule has 0 radical (unpaired) electrons. The van der Waals surface area contributed by atoms with Crippen LogP contribution < -0.4 is 15.4 Å². The Kier molecular flexibility index (Phi) is 5.97. The lowest BCUT2D eigenvalue weighted by Crippen LogP contribution is -2.31. The lowest BCUT2D eigenvalue weighted by atomic mass is 10.1. The summed E-state index contributed by atoms with van der Waals surface area (Å²) in [6.45, 7) is 2.50. The summed E-state index contributed by atoms with van der Waals surface area (Å²) in [5.74, 6) is 0.295. The molecular formula is C18H21FN2O2. The number of hydrogen-bond acceptors (Lipinski definition) is 3. The van der Waals surface area contributed by atoms with Gasteiger partial charge in [-0.15, -0.1) is 0 Å². The van der Waals surface area contributed by atoms with Crippen LogP contribution in [0.4, 0.5) is 10.1 Å². The fourth-order valence-corrected chi connectivity index (χ4v) is 2.24. The maximum absolute atomic E-state index is 13.5. The molecule has 23 heavy (non-hydrogen) atoms. The second-order valence-electron chi connectivity index (χ2n) is 5.25. The Balaban J connectivity index is 1.79. The third-order valence-corrected chi connectivity index (χ3v) is 3.47. The molecule has 0 bridgehead atoms. The molecule has 0 unspecified atom stereocenters. The molecule has 2 N–H and O–H groups in total. The molecule has 2 aromatic carbocycles. The SMILES string of the molecule is COc1ccc(C)cc1NCC(=O)NCCc1ccccc1F. The Morgan fingerprint density at radius 2 is 2.00 bits per heavy atom. The zero-order valence-corrected chi connectivity index (χ0v) is 13.4. The molecule has 0 saturated carbocycles. The summed E-state index contributed by atoms with van der Waals surface area (Å²) in [5, 5.41) is 5.83. The zero-order valence-electron chi connectivity index (χ0n) is 13.4. The van der Waals surface area contributed by atoms with E-state index in [4.69, 9.17) is 4.74 Å². The number of rotatable bonds is 7. The van der Waals surface area contributed by atoms with Crippen LogP contribution in [0.25, 0.3) is 0 Å². The molecule has 0 aromatic heterocycles. The highest BCUT2D eigenvalue weighted by atomic mass is 19.1. The molecule has 0 fully saturated rings. The standard InChI is InChI=1S/C18H21FN2O2/c1-13-7-8-17(23-2)16(11-13)21-12-18(22)20-10-9-14-5-3-4-6-15(14)19/h3-8,11,21H,9-10,12H2,1-2H3,(H,20,22). The predicted octanol–water partition coefficient (Wildman–Crippen LogP) is 2.91. The highest BCUT2D eigenvalue weighted by Gasteiger charge is 2.06. The van der Waals surface area contributed by atoms with Crippen molar-refractivity contribution in [3.8, 4) is 5.75 Å². The molecule has 1 amide bonds. The highest BCUT2D eigenvalue weighted by Crippen LogP contribution is 2.24. The fourth-order valence-electron chi connectivity index (χ4n) is 2.24. The van der Waals surface area contributed by atoms with Crippen molar-refractivity contribution in [2.45, 2.75) is 13.3 Å². The van der Waals surface area contributed by atoms with Crippen molar-refractivity contribution >= 4 is 11.6 Å². The second-order valence-corrected chi connectivity index (χ2v) is 5.25. The van der Waals surface area contributed by atoms with E-state index >= 15 is 0 Å². The van der Waals surface area contributed by atoms with Gasteiger partial charge in [-0.3, -0.25) is 4.79 Å². The van der Waals surface area contributed by atoms with Crippen LogP contribution in [0.5, 0.6) is 5.75 Å². The third kappa shape index (κ3) is 4.98. The van der Waals surface area contributed by atoms with Crippen molar-refractivity contribution in [3.05, 3.63) is 59.4 Å². The number of carbonyl (C=O) groups is 1. The van der Waals surface area contributed by atoms with Gasteiger partial charge in [0.25, 0.3) is 0 Å². The number of halogens is 1. The van der Waals surface area contributed by atoms with Crippen LogP contribution in [-0.2, 0) is 11.2 Å². The molecular weight excluding hydrogens is 295 g/mol. The van der Waals surface area contributed by atoms with Crippen LogP contribution in [0.3, 0.4) is 0 Å². The van der Waals surface area contributed by atoms with Gasteiger partial charge in [0, 0.05) is 6.54 Å². The van der Waals surface area contributed by atoms with E-state index in [9.17, 15) is 9.18 Å². The number of methoxy groups -OCH3 is 1. The van der Waals surface area contributed by atoms with Gasteiger partial charge in [-0.05, 0) is 42.7 Å². The number of ether oxygens (including phenoxy) is 1. The Morgan fingerprint density at radius 3 is 2.74 bits per heavy atom. The number of anilines is 1. The van der Waals surface area contributed by atoms with E-state index in [-0.39, 0.29) is 18.3 Å². The van der Waals surface area contributed by atoms with E-state index in [2.05, 4.69) is 10.6 Å². The van der Waals surface area contributed by atoms with Crippen LogP contribution in [0.15, 0.2) is 42.5 Å². The van der Waals surface area contributed by atoms with E-state index < -0.39 is 0 Å². The molecule has 4 nitrogen and oxygen atoms in total. The molecule has 0 aliphatic heterocycles. The second kappa shape index (κ2) is 8.17. The van der Waals surface area contributed by atoms with Crippen LogP contribution in [0.1, 0.15) is 11.1 Å². The highest BCUT2D eigenvalue weighted by molar-refractivity contribution is 5.81. The first-order valence-corrected chi connectivity index (χ1v) is 7.49. The smallest absolute Gasteiger partial charge is 0.239 e. The summed E-state index contributed by atoms with van der Waals surface area (Å²) in [6.07, 6.45) is 0.464. The van der Waals surface area contributed by atoms with Crippen molar-refractivity contribution in [2.24, 2.45) is 0 Å². The van der Waals surface area contributed by atoms with Crippen LogP contribution in [-0.4, -0.2) is 26.1 Å². The topological polar surface area (TPSA) is 50.4 Å². The Labute approximate surface area is 135 Å². The van der Waals surface area contributed by atoms with Gasteiger partial charge in [0.2, 0.25) is 5.91 Å². The summed E-state index contributed by atoms with van der Waals surface area (Å²) in [6, 6.07) is 12.3. The van der Waals surface area contributed by atoms with E-state index in [1.165, 1.54) is 6.07 Å². The summed E-state index contributed by atoms with van der Waals surface area (Å²) < 4.78 is 18.7. The van der Waals surface area contributed by atoms with E-state index in [0.29, 0.717) is 24.3 Å². The normalized spacial score (nSPS) is 10.2. The molecule has 0 spiro atoms. The number of amides is 1. The molecule has 0 aliphatic carbocycles. The maximum atomic E-state index is 13.5. The van der Waals surface area contributed by atoms with Gasteiger partial charge in [0.15, 0.2) is 0 Å². The molecule has 0 saturated heterocycles. The van der Waals surface area contributed by atoms with Gasteiger partial charge in [0.05, 0.1) is 19.3 Å². The largest absolute Gasteiger partial charge is 0.495 e. The van der Waals surface area contributed by atoms with Gasteiger partial charge in [-0.25, -0.2) is 4.39 Å². The van der Waals surface area contributed by atoms with E-state index in [1.54, 1.807) is 25.3 Å². The zero-order chi connectivity index (χ0) is 16.7. The van der Waals surface area contributed by atoms with Gasteiger partial charge < -0.3 is 15.4 Å². The number of hydrogen-bond donors (Lipinski definition) is 2. The minimum Gasteiger partial charge on any atom is -0.495 e. The van der Waals surface area contributed by atoms with Crippen molar-refractivity contribution in [1.29, 1.82) is 0 Å². The molecule has 5 heteroatoms. The number of aryl methyl sites for hydroxylation is 1. The number of benzene rings is 2. The molecule has 0 aliphatic rings. The summed E-state index contributed by atoms with van der Waals surface area (Å²) >= 11 is 0. The van der Waals surface area contributed by atoms with E-state index in [0.717, 1.165) is 11.3 Å². The Morgan fingerprint density at radius 1 is 1.22 bits per heavy atom. The Bertz CT molecular complexity index is 674. The van der Waals surface area contributed by atoms with E-state index in [1.807, 2.05) is 25.1 Å². The van der Waals surface area contributed by atoms with Crippen LogP contribution in [0, 0.1) is 12.7 Å². The van der Waals surface area contributed by atoms with Gasteiger partial charge in [0.1, 0.15) is 11.6 Å². The molecule has 122 valence electrons. The predicted molar refractivity (Wildman–Crippen MR) is 89.3 cm³/mol. The lowest BCUT2D eigenvalue weighted by molar-refractivity contribution is -0.119. The van der Waals surface area contributed by atoms with Crippen molar-refractivity contribution in [3.63, 3.8) is 0 Å². The van der Waals surface area contributed by atoms with Crippen LogP contribution >= 0.6 is 0 Å². The average Bonchev–Trinajstić information content (AvgIpc) is 2.55. The molecule has 2 rings (SSSR count). The average molecular weight is 316 g/mol. The van der Waals surface area contributed by atoms with Crippen LogP contribution in [0.2, 0.25) is 0 Å². The first-order chi connectivity index (χ1) is 11.1. The molecule has 2 aromatic rings. The maximum Gasteiger partial charge on any atom is 0.239 e. The van der Waals surface area contributed by atoms with Crippen molar-refractivity contribution in [1.82, 2.24) is 5.32 Å². The summed E-state index contributed by atoms with van der Waals surface area (Å²) in [7, 11) is 1.59. The summed E-state index contributed by atoms with van der Waals surface area (Å²) in [5.41, 5.74) is 2.45. The minimum atomic E-state index is -0.246. The molecule has 0 heterocycles. The fraction of sp³-hybridized carbons (Fsp3) is 0.278. The number of carbonyl (C=O) groups excluding carboxylic acids is 1. The minimum absolute atomic E-state index is 0.136. The van der Waals surface area contributed by atoms with Crippen molar-refractivity contribution < 1.29 is 13.9 Å². The lowest BCUT2D eigenvalue weighted by Gasteiger charge is -2.12. The summed E-state index contributed by atoms with van der Waals surface area (Å²) in [4.78, 5) is 11.9. The van der Waals surface area contributed by atoms with Gasteiger partial charge in [-0.1, -0.05) is 24.3 Å². The van der Waals surface area contributed by atoms with Crippen molar-refractivity contribution in [2.75, 3.05) is 25.5 Å².